The lowest BCUT2D eigenvalue weighted by atomic mass is 10.4. The summed E-state index contributed by atoms with van der Waals surface area (Å²) in [5, 5.41) is 6.56. The summed E-state index contributed by atoms with van der Waals surface area (Å²) in [4.78, 5) is 9.64. The fraction of sp³-hybridized carbons (Fsp3) is 0.250. The van der Waals surface area contributed by atoms with Crippen LogP contribution in [0.5, 0.6) is 0 Å². The van der Waals surface area contributed by atoms with Gasteiger partial charge in [0.2, 0.25) is 6.29 Å². The summed E-state index contributed by atoms with van der Waals surface area (Å²) in [5.74, 6) is 0. The lowest BCUT2D eigenvalue weighted by molar-refractivity contribution is 0.392. The minimum absolute atomic E-state index is 0.156. The van der Waals surface area contributed by atoms with Crippen LogP contribution in [0.4, 0.5) is 0 Å². The van der Waals surface area contributed by atoms with Gasteiger partial charge in [-0.15, -0.1) is 5.10 Å². The number of carbonyl (C=O) groups excluding carboxylic acids is 1. The van der Waals surface area contributed by atoms with Crippen LogP contribution in [0.1, 0.15) is 5.69 Å². The zero-order chi connectivity index (χ0) is 5.82. The Morgan fingerprint density at radius 1 is 1.88 bits per heavy atom. The van der Waals surface area contributed by atoms with Gasteiger partial charge >= 0.3 is 0 Å². The summed E-state index contributed by atoms with van der Waals surface area (Å²) < 4.78 is 4.33. The van der Waals surface area contributed by atoms with Crippen LogP contribution in [0.15, 0.2) is 10.8 Å². The van der Waals surface area contributed by atoms with Gasteiger partial charge in [-0.2, -0.15) is 0 Å². The molecule has 0 aromatic carbocycles. The third-order valence-corrected chi connectivity index (χ3v) is 0.658. The Bertz CT molecular complexity index is 159. The van der Waals surface area contributed by atoms with E-state index in [2.05, 4.69) is 14.9 Å². The van der Waals surface area contributed by atoms with Gasteiger partial charge in [-0.3, -0.25) is 4.79 Å². The normalized spacial score (nSPS) is 9.00. The Labute approximate surface area is 45.5 Å². The van der Waals surface area contributed by atoms with Gasteiger partial charge in [-0.05, 0) is 0 Å². The lowest BCUT2D eigenvalue weighted by Gasteiger charge is -1.71. The molecule has 0 aliphatic heterocycles. The van der Waals surface area contributed by atoms with Gasteiger partial charge in [0.05, 0.1) is 6.42 Å². The molecule has 0 N–H and O–H groups in total. The average Bonchev–Trinajstić information content (AvgIpc) is 2.19. The fourth-order valence-corrected chi connectivity index (χ4v) is 0.335. The minimum Gasteiger partial charge on any atom is -0.345 e. The predicted octanol–water partition coefficient (Wildman–Crippen LogP) is -0.278. The van der Waals surface area contributed by atoms with Gasteiger partial charge < -0.3 is 4.52 Å². The quantitative estimate of drug-likeness (QED) is 0.526. The molecular formula is C4H3N2O2. The zero-order valence-corrected chi connectivity index (χ0v) is 4.00. The van der Waals surface area contributed by atoms with Crippen LogP contribution < -0.4 is 0 Å². The first-order valence-corrected chi connectivity index (χ1v) is 2.04. The second-order valence-electron chi connectivity index (χ2n) is 1.22. The van der Waals surface area contributed by atoms with Crippen LogP contribution in [0.2, 0.25) is 0 Å². The van der Waals surface area contributed by atoms with Crippen LogP contribution in [0.3, 0.4) is 0 Å². The highest BCUT2D eigenvalue weighted by atomic mass is 16.5. The zero-order valence-electron chi connectivity index (χ0n) is 4.00. The Balaban J connectivity index is 2.62. The van der Waals surface area contributed by atoms with E-state index in [0.29, 0.717) is 5.69 Å². The van der Waals surface area contributed by atoms with E-state index in [1.165, 1.54) is 6.26 Å². The highest BCUT2D eigenvalue weighted by Crippen LogP contribution is 1.87. The van der Waals surface area contributed by atoms with E-state index in [9.17, 15) is 4.79 Å². The van der Waals surface area contributed by atoms with E-state index >= 15 is 0 Å². The summed E-state index contributed by atoms with van der Waals surface area (Å²) in [6.45, 7) is 0. The van der Waals surface area contributed by atoms with Crippen LogP contribution in [0.25, 0.3) is 0 Å². The van der Waals surface area contributed by atoms with Crippen molar-refractivity contribution in [3.63, 3.8) is 0 Å². The van der Waals surface area contributed by atoms with Gasteiger partial charge in [-0.1, -0.05) is 0 Å². The minimum atomic E-state index is 0.156. The van der Waals surface area contributed by atoms with Gasteiger partial charge in [0.15, 0.2) is 0 Å². The van der Waals surface area contributed by atoms with Crippen LogP contribution in [-0.4, -0.2) is 16.7 Å². The Morgan fingerprint density at radius 2 is 2.75 bits per heavy atom. The van der Waals surface area contributed by atoms with Crippen LogP contribution >= 0.6 is 0 Å². The number of nitrogens with zero attached hydrogens (tertiary/aromatic N) is 2. The molecule has 41 valence electrons. The van der Waals surface area contributed by atoms with E-state index in [1.54, 1.807) is 6.29 Å². The summed E-state index contributed by atoms with van der Waals surface area (Å²) in [7, 11) is 0. The largest absolute Gasteiger partial charge is 0.345 e. The van der Waals surface area contributed by atoms with Gasteiger partial charge in [0.1, 0.15) is 12.0 Å². The summed E-state index contributed by atoms with van der Waals surface area (Å²) in [5.41, 5.74) is 0.514. The summed E-state index contributed by atoms with van der Waals surface area (Å²) >= 11 is 0. The summed E-state index contributed by atoms with van der Waals surface area (Å²) in [6.07, 6.45) is 3.12. The molecule has 0 unspecified atom stereocenters. The number of hydrogen-bond donors (Lipinski definition) is 0. The molecule has 8 heavy (non-hydrogen) atoms. The molecule has 1 heterocycles. The van der Waals surface area contributed by atoms with E-state index in [1.807, 2.05) is 0 Å². The molecule has 0 amide bonds. The van der Waals surface area contributed by atoms with Crippen molar-refractivity contribution < 1.29 is 9.32 Å². The van der Waals surface area contributed by atoms with Gasteiger partial charge in [0.25, 0.3) is 0 Å². The molecule has 0 saturated carbocycles. The molecule has 0 fully saturated rings. The van der Waals surface area contributed by atoms with Crippen molar-refractivity contribution in [2.45, 2.75) is 6.42 Å². The van der Waals surface area contributed by atoms with Crippen molar-refractivity contribution in [1.29, 1.82) is 0 Å². The van der Waals surface area contributed by atoms with E-state index in [0.717, 1.165) is 0 Å². The first-order valence-electron chi connectivity index (χ1n) is 2.04. The number of hydrogen-bond acceptors (Lipinski definition) is 4. The topological polar surface area (TPSA) is 56.0 Å². The summed E-state index contributed by atoms with van der Waals surface area (Å²) in [6, 6.07) is 0. The molecule has 0 atom stereocenters. The molecular weight excluding hydrogens is 108 g/mol. The predicted molar refractivity (Wildman–Crippen MR) is 23.7 cm³/mol. The first kappa shape index (κ1) is 4.96. The maximum absolute atomic E-state index is 9.64. The fourth-order valence-electron chi connectivity index (χ4n) is 0.335. The average molecular weight is 111 g/mol. The molecule has 1 aromatic rings. The molecule has 0 aliphatic rings. The molecule has 4 heteroatoms. The third kappa shape index (κ3) is 0.900. The second kappa shape index (κ2) is 2.20. The maximum Gasteiger partial charge on any atom is 0.204 e. The molecule has 4 nitrogen and oxygen atoms in total. The lowest BCUT2D eigenvalue weighted by Crippen LogP contribution is -1.83. The standard InChI is InChI=1S/C4H3N2O2/c7-2-1-4-3-8-6-5-4/h3H,1H2. The van der Waals surface area contributed by atoms with Gasteiger partial charge in [0, 0.05) is 5.27 Å². The number of aromatic nitrogens is 2. The molecule has 0 aliphatic carbocycles. The molecule has 0 spiro atoms. The van der Waals surface area contributed by atoms with E-state index in [4.69, 9.17) is 0 Å². The second-order valence-corrected chi connectivity index (χ2v) is 1.22. The Kier molecular flexibility index (Phi) is 1.37. The van der Waals surface area contributed by atoms with E-state index < -0.39 is 0 Å². The SMILES string of the molecule is O=[C]Cc1conn1. The number of rotatable bonds is 2. The molecule has 0 saturated heterocycles. The monoisotopic (exact) mass is 111 g/mol. The first-order chi connectivity index (χ1) is 3.93. The molecule has 1 radical (unpaired) electrons. The highest BCUT2D eigenvalue weighted by molar-refractivity contribution is 5.53. The highest BCUT2D eigenvalue weighted by Gasteiger charge is 1.93. The third-order valence-electron chi connectivity index (χ3n) is 0.658. The Hall–Kier alpha value is -1.19. The molecule has 0 bridgehead atoms. The van der Waals surface area contributed by atoms with E-state index in [-0.39, 0.29) is 6.42 Å². The van der Waals surface area contributed by atoms with Crippen molar-refractivity contribution in [3.8, 4) is 0 Å². The van der Waals surface area contributed by atoms with Crippen molar-refractivity contribution in [3.05, 3.63) is 12.0 Å². The van der Waals surface area contributed by atoms with Crippen molar-refractivity contribution in [1.82, 2.24) is 10.4 Å². The van der Waals surface area contributed by atoms with Crippen molar-refractivity contribution in [2.75, 3.05) is 0 Å². The smallest absolute Gasteiger partial charge is 0.204 e. The maximum atomic E-state index is 9.64. The van der Waals surface area contributed by atoms with Crippen molar-refractivity contribution >= 4 is 6.29 Å². The van der Waals surface area contributed by atoms with Gasteiger partial charge in [-0.25, -0.2) is 0 Å². The molecule has 1 rings (SSSR count). The molecule has 1 aromatic heterocycles. The Morgan fingerprint density at radius 3 is 3.25 bits per heavy atom. The van der Waals surface area contributed by atoms with Crippen LogP contribution in [0, 0.1) is 0 Å². The van der Waals surface area contributed by atoms with Crippen molar-refractivity contribution in [2.24, 2.45) is 0 Å². The van der Waals surface area contributed by atoms with Crippen LogP contribution in [-0.2, 0) is 11.2 Å².